The average molecular weight is 249 g/mol. The Kier molecular flexibility index (Phi) is 6.81. The highest BCUT2D eigenvalue weighted by Crippen LogP contribution is 2.22. The second-order valence-corrected chi connectivity index (χ2v) is 4.97. The van der Waals surface area contributed by atoms with Gasteiger partial charge in [0.1, 0.15) is 0 Å². The third kappa shape index (κ3) is 4.34. The zero-order valence-electron chi connectivity index (χ0n) is 12.1. The lowest BCUT2D eigenvalue weighted by molar-refractivity contribution is 0.282. The summed E-state index contributed by atoms with van der Waals surface area (Å²) in [5, 5.41) is 9.16. The van der Waals surface area contributed by atoms with E-state index in [1.165, 1.54) is 36.9 Å². The molecule has 0 saturated heterocycles. The zero-order chi connectivity index (χ0) is 13.4. The van der Waals surface area contributed by atoms with Crippen LogP contribution in [-0.2, 0) is 6.61 Å². The molecule has 1 aromatic rings. The Morgan fingerprint density at radius 1 is 1.06 bits per heavy atom. The third-order valence-electron chi connectivity index (χ3n) is 3.35. The van der Waals surface area contributed by atoms with Gasteiger partial charge in [0.25, 0.3) is 0 Å². The molecule has 0 amide bonds. The van der Waals surface area contributed by atoms with Crippen molar-refractivity contribution < 1.29 is 5.11 Å². The normalized spacial score (nSPS) is 10.7. The van der Waals surface area contributed by atoms with Crippen LogP contribution in [-0.4, -0.2) is 18.2 Å². The minimum absolute atomic E-state index is 0.130. The van der Waals surface area contributed by atoms with Gasteiger partial charge in [-0.25, -0.2) is 0 Å². The number of unbranched alkanes of at least 4 members (excludes halogenated alkanes) is 2. The van der Waals surface area contributed by atoms with Crippen molar-refractivity contribution in [3.8, 4) is 0 Å². The Balaban J connectivity index is 2.82. The Hall–Kier alpha value is -1.02. The molecule has 0 aliphatic heterocycles. The van der Waals surface area contributed by atoms with E-state index >= 15 is 0 Å². The minimum Gasteiger partial charge on any atom is -0.392 e. The van der Waals surface area contributed by atoms with E-state index in [1.807, 2.05) is 6.07 Å². The lowest BCUT2D eigenvalue weighted by Crippen LogP contribution is -2.26. The van der Waals surface area contributed by atoms with E-state index in [0.29, 0.717) is 0 Å². The fourth-order valence-corrected chi connectivity index (χ4v) is 2.22. The summed E-state index contributed by atoms with van der Waals surface area (Å²) in [5.74, 6) is 0. The number of aliphatic hydroxyl groups is 1. The maximum atomic E-state index is 9.16. The van der Waals surface area contributed by atoms with Crippen molar-refractivity contribution in [2.75, 3.05) is 18.0 Å². The fourth-order valence-electron chi connectivity index (χ4n) is 2.22. The molecule has 0 unspecified atom stereocenters. The first-order chi connectivity index (χ1) is 8.72. The highest BCUT2D eigenvalue weighted by atomic mass is 16.3. The van der Waals surface area contributed by atoms with E-state index < -0.39 is 0 Å². The van der Waals surface area contributed by atoms with Crippen LogP contribution in [0, 0.1) is 6.92 Å². The quantitative estimate of drug-likeness (QED) is 0.755. The van der Waals surface area contributed by atoms with Crippen LogP contribution in [0.15, 0.2) is 18.2 Å². The summed E-state index contributed by atoms with van der Waals surface area (Å²) in [7, 11) is 0. The van der Waals surface area contributed by atoms with Crippen molar-refractivity contribution >= 4 is 5.69 Å². The topological polar surface area (TPSA) is 23.5 Å². The molecule has 0 radical (unpaired) electrons. The predicted molar refractivity (Wildman–Crippen MR) is 79.1 cm³/mol. The van der Waals surface area contributed by atoms with Crippen molar-refractivity contribution in [1.29, 1.82) is 0 Å². The van der Waals surface area contributed by atoms with Gasteiger partial charge in [-0.1, -0.05) is 38.8 Å². The number of hydrogen-bond donors (Lipinski definition) is 1. The number of rotatable bonds is 8. The van der Waals surface area contributed by atoms with E-state index in [9.17, 15) is 0 Å². The second-order valence-electron chi connectivity index (χ2n) is 4.97. The number of aryl methyl sites for hydroxylation is 1. The van der Waals surface area contributed by atoms with E-state index in [0.717, 1.165) is 18.7 Å². The van der Waals surface area contributed by atoms with Crippen molar-refractivity contribution in [3.63, 3.8) is 0 Å². The molecule has 0 aliphatic rings. The van der Waals surface area contributed by atoms with Crippen molar-refractivity contribution in [2.45, 2.75) is 53.1 Å². The Bertz CT molecular complexity index is 341. The average Bonchev–Trinajstić information content (AvgIpc) is 2.39. The van der Waals surface area contributed by atoms with E-state index in [-0.39, 0.29) is 6.61 Å². The summed E-state index contributed by atoms with van der Waals surface area (Å²) in [6.45, 7) is 9.01. The third-order valence-corrected chi connectivity index (χ3v) is 3.35. The monoisotopic (exact) mass is 249 g/mol. The molecule has 2 heteroatoms. The molecule has 1 rings (SSSR count). The first-order valence-corrected chi connectivity index (χ1v) is 7.18. The standard InChI is InChI=1S/C16H27NO/c1-4-6-10-17(11-7-5-2)16-9-8-15(13-18)12-14(16)3/h8-9,12,18H,4-7,10-11,13H2,1-3H3. The first kappa shape index (κ1) is 15.0. The van der Waals surface area contributed by atoms with Gasteiger partial charge in [-0.05, 0) is 37.0 Å². The number of aliphatic hydroxyl groups excluding tert-OH is 1. The molecule has 0 atom stereocenters. The minimum atomic E-state index is 0.130. The van der Waals surface area contributed by atoms with Crippen molar-refractivity contribution in [3.05, 3.63) is 29.3 Å². The molecule has 1 N–H and O–H groups in total. The van der Waals surface area contributed by atoms with Crippen LogP contribution in [0.5, 0.6) is 0 Å². The fraction of sp³-hybridized carbons (Fsp3) is 0.625. The summed E-state index contributed by atoms with van der Waals surface area (Å²) in [6.07, 6.45) is 4.95. The molecular weight excluding hydrogens is 222 g/mol. The molecular formula is C16H27NO. The molecule has 18 heavy (non-hydrogen) atoms. The predicted octanol–water partition coefficient (Wildman–Crippen LogP) is 3.89. The molecule has 0 heterocycles. The van der Waals surface area contributed by atoms with Crippen LogP contribution in [0.3, 0.4) is 0 Å². The molecule has 1 aromatic carbocycles. The number of nitrogens with zero attached hydrogens (tertiary/aromatic N) is 1. The molecule has 0 fully saturated rings. The number of benzene rings is 1. The van der Waals surface area contributed by atoms with Gasteiger partial charge in [0.05, 0.1) is 6.61 Å². The van der Waals surface area contributed by atoms with E-state index in [2.05, 4.69) is 37.8 Å². The number of hydrogen-bond acceptors (Lipinski definition) is 2. The molecule has 0 spiro atoms. The van der Waals surface area contributed by atoms with E-state index in [1.54, 1.807) is 0 Å². The highest BCUT2D eigenvalue weighted by molar-refractivity contribution is 5.54. The van der Waals surface area contributed by atoms with Crippen LogP contribution in [0.1, 0.15) is 50.7 Å². The van der Waals surface area contributed by atoms with Gasteiger partial charge < -0.3 is 10.0 Å². The summed E-state index contributed by atoms with van der Waals surface area (Å²) in [4.78, 5) is 2.49. The van der Waals surface area contributed by atoms with Gasteiger partial charge in [0.2, 0.25) is 0 Å². The van der Waals surface area contributed by atoms with Gasteiger partial charge in [-0.15, -0.1) is 0 Å². The van der Waals surface area contributed by atoms with Crippen molar-refractivity contribution in [1.82, 2.24) is 0 Å². The van der Waals surface area contributed by atoms with Crippen LogP contribution in [0.2, 0.25) is 0 Å². The van der Waals surface area contributed by atoms with Crippen LogP contribution >= 0.6 is 0 Å². The SMILES string of the molecule is CCCCN(CCCC)c1ccc(CO)cc1C. The smallest absolute Gasteiger partial charge is 0.0681 e. The lowest BCUT2D eigenvalue weighted by atomic mass is 10.1. The van der Waals surface area contributed by atoms with Crippen LogP contribution in [0.25, 0.3) is 0 Å². The summed E-state index contributed by atoms with van der Waals surface area (Å²) in [6, 6.07) is 6.29. The Labute approximate surface area is 112 Å². The molecule has 0 aliphatic carbocycles. The maximum Gasteiger partial charge on any atom is 0.0681 e. The summed E-state index contributed by atoms with van der Waals surface area (Å²) >= 11 is 0. The number of anilines is 1. The van der Waals surface area contributed by atoms with E-state index in [4.69, 9.17) is 5.11 Å². The molecule has 102 valence electrons. The van der Waals surface area contributed by atoms with Gasteiger partial charge >= 0.3 is 0 Å². The lowest BCUT2D eigenvalue weighted by Gasteiger charge is -2.26. The Morgan fingerprint density at radius 3 is 2.11 bits per heavy atom. The largest absolute Gasteiger partial charge is 0.392 e. The summed E-state index contributed by atoms with van der Waals surface area (Å²) < 4.78 is 0. The molecule has 0 bridgehead atoms. The van der Waals surface area contributed by atoms with Gasteiger partial charge in [0, 0.05) is 18.8 Å². The second kappa shape index (κ2) is 8.15. The molecule has 0 saturated carbocycles. The highest BCUT2D eigenvalue weighted by Gasteiger charge is 2.08. The van der Waals surface area contributed by atoms with Gasteiger partial charge in [0.15, 0.2) is 0 Å². The first-order valence-electron chi connectivity index (χ1n) is 7.18. The Morgan fingerprint density at radius 2 is 1.67 bits per heavy atom. The van der Waals surface area contributed by atoms with Crippen LogP contribution in [0.4, 0.5) is 5.69 Å². The van der Waals surface area contributed by atoms with Gasteiger partial charge in [-0.3, -0.25) is 0 Å². The maximum absolute atomic E-state index is 9.16. The zero-order valence-corrected chi connectivity index (χ0v) is 12.1. The molecule has 0 aromatic heterocycles. The summed E-state index contributed by atoms with van der Waals surface area (Å²) in [5.41, 5.74) is 3.60. The van der Waals surface area contributed by atoms with Crippen LogP contribution < -0.4 is 4.90 Å². The van der Waals surface area contributed by atoms with Gasteiger partial charge in [-0.2, -0.15) is 0 Å². The molecule has 2 nitrogen and oxygen atoms in total. The van der Waals surface area contributed by atoms with Crippen molar-refractivity contribution in [2.24, 2.45) is 0 Å².